The lowest BCUT2D eigenvalue weighted by atomic mass is 9.99. The van der Waals surface area contributed by atoms with E-state index in [2.05, 4.69) is 19.2 Å². The van der Waals surface area contributed by atoms with Gasteiger partial charge in [-0.05, 0) is 55.5 Å². The summed E-state index contributed by atoms with van der Waals surface area (Å²) in [6.45, 7) is 7.46. The number of anilines is 1. The smallest absolute Gasteiger partial charge is 0.264 e. The fraction of sp³-hybridized carbons (Fsp3) is 0.350. The van der Waals surface area contributed by atoms with E-state index < -0.39 is 11.5 Å². The van der Waals surface area contributed by atoms with Crippen molar-refractivity contribution >= 4 is 17.5 Å². The first kappa shape index (κ1) is 19.4. The number of nitrogens with zero attached hydrogens (tertiary/aromatic N) is 1. The fourth-order valence-corrected chi connectivity index (χ4v) is 2.90. The van der Waals surface area contributed by atoms with Gasteiger partial charge in [0.25, 0.3) is 11.5 Å². The van der Waals surface area contributed by atoms with Crippen LogP contribution in [0.5, 0.6) is 0 Å². The average molecular weight is 355 g/mol. The number of carbonyl (C=O) groups is 2. The van der Waals surface area contributed by atoms with E-state index in [1.807, 2.05) is 24.3 Å². The minimum Gasteiger partial charge on any atom is -0.365 e. The topological polar surface area (TPSA) is 94.2 Å². The van der Waals surface area contributed by atoms with Crippen LogP contribution < -0.4 is 16.6 Å². The summed E-state index contributed by atoms with van der Waals surface area (Å²) < 4.78 is 1.26. The van der Waals surface area contributed by atoms with Crippen LogP contribution in [0.3, 0.4) is 0 Å². The summed E-state index contributed by atoms with van der Waals surface area (Å²) in [7, 11) is 0. The minimum atomic E-state index is -0.790. The highest BCUT2D eigenvalue weighted by Crippen LogP contribution is 2.20. The number of pyridine rings is 1. The van der Waals surface area contributed by atoms with Crippen LogP contribution in [-0.4, -0.2) is 16.4 Å². The second kappa shape index (κ2) is 7.99. The molecule has 0 aliphatic rings. The van der Waals surface area contributed by atoms with Gasteiger partial charge in [-0.3, -0.25) is 14.4 Å². The Morgan fingerprint density at radius 2 is 1.81 bits per heavy atom. The predicted molar refractivity (Wildman–Crippen MR) is 102 cm³/mol. The molecule has 0 aliphatic heterocycles. The summed E-state index contributed by atoms with van der Waals surface area (Å²) in [5, 5.41) is 2.78. The number of nitrogens with two attached hydrogens (primary N) is 1. The van der Waals surface area contributed by atoms with Crippen molar-refractivity contribution in [1.29, 1.82) is 0 Å². The number of aryl methyl sites for hydroxylation is 2. The van der Waals surface area contributed by atoms with Crippen molar-refractivity contribution < 1.29 is 9.59 Å². The third kappa shape index (κ3) is 4.20. The highest BCUT2D eigenvalue weighted by atomic mass is 16.2. The molecule has 0 unspecified atom stereocenters. The summed E-state index contributed by atoms with van der Waals surface area (Å²) in [5.41, 5.74) is 7.64. The quantitative estimate of drug-likeness (QED) is 0.834. The maximum absolute atomic E-state index is 12.5. The Balaban J connectivity index is 2.19. The SMILES string of the molecule is CC[C@H](C)c1ccc(NC(=O)Cn2c(C)cc(C)c(C(N)=O)c2=O)cc1. The summed E-state index contributed by atoms with van der Waals surface area (Å²) in [4.78, 5) is 36.3. The second-order valence-electron chi connectivity index (χ2n) is 6.58. The van der Waals surface area contributed by atoms with Gasteiger partial charge < -0.3 is 15.6 Å². The summed E-state index contributed by atoms with van der Waals surface area (Å²) in [6, 6.07) is 9.34. The van der Waals surface area contributed by atoms with E-state index in [0.717, 1.165) is 6.42 Å². The van der Waals surface area contributed by atoms with E-state index in [1.54, 1.807) is 19.9 Å². The Morgan fingerprint density at radius 1 is 1.19 bits per heavy atom. The molecule has 2 amide bonds. The highest BCUT2D eigenvalue weighted by molar-refractivity contribution is 5.94. The van der Waals surface area contributed by atoms with Gasteiger partial charge in [-0.2, -0.15) is 0 Å². The molecule has 0 saturated carbocycles. The number of primary amides is 1. The fourth-order valence-electron chi connectivity index (χ4n) is 2.90. The van der Waals surface area contributed by atoms with Crippen molar-refractivity contribution in [3.8, 4) is 0 Å². The Morgan fingerprint density at radius 3 is 2.35 bits per heavy atom. The van der Waals surface area contributed by atoms with Gasteiger partial charge in [0.05, 0.1) is 0 Å². The van der Waals surface area contributed by atoms with Crippen molar-refractivity contribution in [3.63, 3.8) is 0 Å². The van der Waals surface area contributed by atoms with Crippen molar-refractivity contribution in [2.75, 3.05) is 5.32 Å². The summed E-state index contributed by atoms with van der Waals surface area (Å²) in [5.74, 6) is -0.672. The minimum absolute atomic E-state index is 0.0821. The van der Waals surface area contributed by atoms with E-state index in [9.17, 15) is 14.4 Å². The lowest BCUT2D eigenvalue weighted by Gasteiger charge is -2.14. The van der Waals surface area contributed by atoms with Crippen molar-refractivity contribution in [3.05, 3.63) is 63.1 Å². The van der Waals surface area contributed by atoms with Gasteiger partial charge in [0.15, 0.2) is 0 Å². The van der Waals surface area contributed by atoms with E-state index in [0.29, 0.717) is 22.9 Å². The van der Waals surface area contributed by atoms with Gasteiger partial charge in [0.2, 0.25) is 5.91 Å². The van der Waals surface area contributed by atoms with E-state index in [4.69, 9.17) is 5.73 Å². The number of benzene rings is 1. The first-order valence-corrected chi connectivity index (χ1v) is 8.65. The van der Waals surface area contributed by atoms with E-state index >= 15 is 0 Å². The maximum atomic E-state index is 12.5. The van der Waals surface area contributed by atoms with Gasteiger partial charge in [-0.1, -0.05) is 26.0 Å². The molecule has 0 aliphatic carbocycles. The maximum Gasteiger partial charge on any atom is 0.264 e. The molecule has 0 bridgehead atoms. The molecule has 0 spiro atoms. The third-order valence-corrected chi connectivity index (χ3v) is 4.63. The van der Waals surface area contributed by atoms with Crippen LogP contribution in [0.15, 0.2) is 35.1 Å². The van der Waals surface area contributed by atoms with E-state index in [1.165, 1.54) is 10.1 Å². The van der Waals surface area contributed by atoms with Crippen LogP contribution >= 0.6 is 0 Å². The number of rotatable bonds is 6. The largest absolute Gasteiger partial charge is 0.365 e. The molecule has 1 heterocycles. The molecule has 0 radical (unpaired) electrons. The van der Waals surface area contributed by atoms with Crippen molar-refractivity contribution in [2.24, 2.45) is 5.73 Å². The normalized spacial score (nSPS) is 11.8. The molecule has 1 aromatic heterocycles. The Bertz CT molecular complexity index is 882. The zero-order valence-corrected chi connectivity index (χ0v) is 15.6. The van der Waals surface area contributed by atoms with Gasteiger partial charge in [0, 0.05) is 11.4 Å². The Labute approximate surface area is 153 Å². The molecule has 138 valence electrons. The van der Waals surface area contributed by atoms with Crippen LogP contribution in [0, 0.1) is 13.8 Å². The zero-order valence-electron chi connectivity index (χ0n) is 15.6. The van der Waals surface area contributed by atoms with Gasteiger partial charge in [-0.25, -0.2) is 0 Å². The number of aromatic nitrogens is 1. The molecule has 2 rings (SSSR count). The molecule has 26 heavy (non-hydrogen) atoms. The van der Waals surface area contributed by atoms with Crippen molar-refractivity contribution in [2.45, 2.75) is 46.6 Å². The van der Waals surface area contributed by atoms with Crippen molar-refractivity contribution in [1.82, 2.24) is 4.57 Å². The van der Waals surface area contributed by atoms with Gasteiger partial charge in [-0.15, -0.1) is 0 Å². The molecule has 6 heteroatoms. The molecule has 6 nitrogen and oxygen atoms in total. The van der Waals surface area contributed by atoms with Crippen LogP contribution in [0.25, 0.3) is 0 Å². The zero-order chi connectivity index (χ0) is 19.4. The number of amides is 2. The predicted octanol–water partition coefficient (Wildman–Crippen LogP) is 2.72. The first-order chi connectivity index (χ1) is 12.2. The molecule has 2 aromatic rings. The molecule has 1 aromatic carbocycles. The molecule has 1 atom stereocenters. The van der Waals surface area contributed by atoms with Crippen LogP contribution in [0.1, 0.15) is 53.4 Å². The molecular formula is C20H25N3O3. The van der Waals surface area contributed by atoms with Crippen LogP contribution in [0.4, 0.5) is 5.69 Å². The number of carbonyl (C=O) groups excluding carboxylic acids is 2. The first-order valence-electron chi connectivity index (χ1n) is 8.65. The third-order valence-electron chi connectivity index (χ3n) is 4.63. The number of nitrogens with one attached hydrogen (secondary N) is 1. The second-order valence-corrected chi connectivity index (χ2v) is 6.58. The lowest BCUT2D eigenvalue weighted by molar-refractivity contribution is -0.116. The lowest BCUT2D eigenvalue weighted by Crippen LogP contribution is -2.35. The monoisotopic (exact) mass is 355 g/mol. The van der Waals surface area contributed by atoms with Gasteiger partial charge >= 0.3 is 0 Å². The van der Waals surface area contributed by atoms with Gasteiger partial charge in [0.1, 0.15) is 12.1 Å². The Hall–Kier alpha value is -2.89. The number of hydrogen-bond acceptors (Lipinski definition) is 3. The molecule has 3 N–H and O–H groups in total. The van der Waals surface area contributed by atoms with Crippen LogP contribution in [-0.2, 0) is 11.3 Å². The highest BCUT2D eigenvalue weighted by Gasteiger charge is 2.16. The average Bonchev–Trinajstić information content (AvgIpc) is 2.58. The number of hydrogen-bond donors (Lipinski definition) is 2. The standard InChI is InChI=1S/C20H25N3O3/c1-5-12(2)15-6-8-16(9-7-15)22-17(24)11-23-14(4)10-13(3)18(19(21)25)20(23)26/h6-10,12H,5,11H2,1-4H3,(H2,21,25)(H,22,24)/t12-/m0/s1. The van der Waals surface area contributed by atoms with Crippen LogP contribution in [0.2, 0.25) is 0 Å². The summed E-state index contributed by atoms with van der Waals surface area (Å²) in [6.07, 6.45) is 1.05. The Kier molecular flexibility index (Phi) is 5.97. The summed E-state index contributed by atoms with van der Waals surface area (Å²) >= 11 is 0. The molecule has 0 saturated heterocycles. The molecular weight excluding hydrogens is 330 g/mol. The molecule has 0 fully saturated rings. The van der Waals surface area contributed by atoms with E-state index in [-0.39, 0.29) is 18.0 Å².